The van der Waals surface area contributed by atoms with E-state index in [-0.39, 0.29) is 11.3 Å². The second-order valence-electron chi connectivity index (χ2n) is 7.82. The number of aliphatic carboxylic acids is 1. The fourth-order valence-electron chi connectivity index (χ4n) is 4.48. The first kappa shape index (κ1) is 19.8. The lowest BCUT2D eigenvalue weighted by molar-refractivity contribution is -0.142. The monoisotopic (exact) mass is 379 g/mol. The first-order valence-corrected chi connectivity index (χ1v) is 9.61. The van der Waals surface area contributed by atoms with Crippen LogP contribution in [0.5, 0.6) is 0 Å². The summed E-state index contributed by atoms with van der Waals surface area (Å²) >= 11 is 0. The minimum Gasteiger partial charge on any atom is -0.480 e. The molecule has 2 saturated heterocycles. The number of hydrogen-bond donors (Lipinski definition) is 1. The van der Waals surface area contributed by atoms with Gasteiger partial charge in [-0.1, -0.05) is 12.1 Å². The molecule has 1 aromatic heterocycles. The number of aryl methyl sites for hydroxylation is 1. The van der Waals surface area contributed by atoms with Crippen molar-refractivity contribution in [2.75, 3.05) is 33.3 Å². The van der Waals surface area contributed by atoms with Gasteiger partial charge in [0.15, 0.2) is 5.69 Å². The molecule has 1 N–H and O–H groups in total. The van der Waals surface area contributed by atoms with Crippen molar-refractivity contribution in [2.24, 2.45) is 5.41 Å². The van der Waals surface area contributed by atoms with Crippen LogP contribution in [0.15, 0.2) is 4.52 Å². The van der Waals surface area contributed by atoms with E-state index in [2.05, 4.69) is 17.0 Å². The van der Waals surface area contributed by atoms with Crippen LogP contribution in [0.3, 0.4) is 0 Å². The van der Waals surface area contributed by atoms with Crippen LogP contribution in [0, 0.1) is 12.3 Å². The van der Waals surface area contributed by atoms with Crippen molar-refractivity contribution >= 4 is 11.9 Å². The molecule has 0 unspecified atom stereocenters. The Morgan fingerprint density at radius 2 is 2.07 bits per heavy atom. The Hall–Kier alpha value is -1.93. The van der Waals surface area contributed by atoms with E-state index in [1.165, 1.54) is 0 Å². The number of carbonyl (C=O) groups excluding carboxylic acids is 1. The van der Waals surface area contributed by atoms with Crippen LogP contribution in [-0.4, -0.2) is 71.3 Å². The highest BCUT2D eigenvalue weighted by atomic mass is 16.5. The van der Waals surface area contributed by atoms with Gasteiger partial charge in [-0.3, -0.25) is 14.5 Å². The predicted molar refractivity (Wildman–Crippen MR) is 97.4 cm³/mol. The van der Waals surface area contributed by atoms with Crippen molar-refractivity contribution in [1.82, 2.24) is 15.0 Å². The van der Waals surface area contributed by atoms with Gasteiger partial charge < -0.3 is 19.3 Å². The van der Waals surface area contributed by atoms with Crippen molar-refractivity contribution < 1.29 is 24.0 Å². The zero-order valence-electron chi connectivity index (χ0n) is 16.4. The molecule has 0 bridgehead atoms. The number of likely N-dealkylation sites (tertiary alicyclic amines) is 2. The zero-order valence-corrected chi connectivity index (χ0v) is 16.4. The Kier molecular flexibility index (Phi) is 5.86. The lowest BCUT2D eigenvalue weighted by Crippen LogP contribution is -2.44. The quantitative estimate of drug-likeness (QED) is 0.806. The Bertz CT molecular complexity index is 694. The van der Waals surface area contributed by atoms with E-state index in [4.69, 9.17) is 9.26 Å². The molecular weight excluding hydrogens is 350 g/mol. The SMILES string of the molecule is CCCN1CC2(CCN(C(=O)c3noc(C)c3COC)CC2)C[C@@H]1C(=O)O. The van der Waals surface area contributed by atoms with E-state index in [1.807, 2.05) is 0 Å². The highest BCUT2D eigenvalue weighted by Crippen LogP contribution is 2.43. The van der Waals surface area contributed by atoms with Gasteiger partial charge in [0.25, 0.3) is 5.91 Å². The van der Waals surface area contributed by atoms with Crippen LogP contribution < -0.4 is 0 Å². The van der Waals surface area contributed by atoms with Gasteiger partial charge in [-0.25, -0.2) is 0 Å². The largest absolute Gasteiger partial charge is 0.480 e. The molecule has 1 spiro atoms. The molecule has 0 aliphatic carbocycles. The molecule has 1 atom stereocenters. The van der Waals surface area contributed by atoms with Gasteiger partial charge in [0, 0.05) is 26.7 Å². The molecule has 2 aliphatic heterocycles. The molecule has 8 nitrogen and oxygen atoms in total. The van der Waals surface area contributed by atoms with Gasteiger partial charge in [-0.05, 0) is 44.6 Å². The third-order valence-electron chi connectivity index (χ3n) is 5.99. The first-order chi connectivity index (χ1) is 12.9. The number of nitrogens with zero attached hydrogens (tertiary/aromatic N) is 3. The van der Waals surface area contributed by atoms with Crippen molar-refractivity contribution in [3.05, 3.63) is 17.0 Å². The number of carboxylic acids is 1. The number of amides is 1. The van der Waals surface area contributed by atoms with Crippen molar-refractivity contribution in [1.29, 1.82) is 0 Å². The van der Waals surface area contributed by atoms with Gasteiger partial charge in [-0.2, -0.15) is 0 Å². The van der Waals surface area contributed by atoms with Crippen LogP contribution >= 0.6 is 0 Å². The fourth-order valence-corrected chi connectivity index (χ4v) is 4.48. The Balaban J connectivity index is 1.67. The summed E-state index contributed by atoms with van der Waals surface area (Å²) in [5.74, 6) is -0.267. The number of aromatic nitrogens is 1. The summed E-state index contributed by atoms with van der Waals surface area (Å²) in [5.41, 5.74) is 1.01. The molecule has 1 aromatic rings. The summed E-state index contributed by atoms with van der Waals surface area (Å²) < 4.78 is 10.3. The third kappa shape index (κ3) is 3.87. The number of carbonyl (C=O) groups is 2. The normalized spacial score (nSPS) is 22.5. The standard InChI is InChI=1S/C19H29N3O5/c1-4-7-22-12-19(10-15(22)18(24)25)5-8-21(9-6-19)17(23)16-14(11-26-3)13(2)27-20-16/h15H,4-12H2,1-3H3,(H,24,25)/t15-/m1/s1. The van der Waals surface area contributed by atoms with Gasteiger partial charge >= 0.3 is 5.97 Å². The van der Waals surface area contributed by atoms with E-state index in [0.717, 1.165) is 32.4 Å². The Labute approximate surface area is 159 Å². The maximum Gasteiger partial charge on any atom is 0.320 e. The van der Waals surface area contributed by atoms with E-state index >= 15 is 0 Å². The van der Waals surface area contributed by atoms with Crippen LogP contribution in [0.1, 0.15) is 54.4 Å². The number of ether oxygens (including phenoxy) is 1. The molecule has 3 rings (SSSR count). The second kappa shape index (κ2) is 7.98. The highest BCUT2D eigenvalue weighted by Gasteiger charge is 2.48. The van der Waals surface area contributed by atoms with E-state index in [0.29, 0.717) is 43.1 Å². The minimum atomic E-state index is -0.735. The van der Waals surface area contributed by atoms with Crippen LogP contribution in [0.2, 0.25) is 0 Å². The highest BCUT2D eigenvalue weighted by molar-refractivity contribution is 5.93. The summed E-state index contributed by atoms with van der Waals surface area (Å²) in [6.45, 7) is 6.98. The number of carboxylic acid groups (broad SMARTS) is 1. The third-order valence-corrected chi connectivity index (χ3v) is 5.99. The molecule has 0 radical (unpaired) electrons. The molecular formula is C19H29N3O5. The van der Waals surface area contributed by atoms with Gasteiger partial charge in [0.2, 0.25) is 0 Å². The summed E-state index contributed by atoms with van der Waals surface area (Å²) in [6.07, 6.45) is 3.25. The van der Waals surface area contributed by atoms with Crippen LogP contribution in [-0.2, 0) is 16.1 Å². The molecule has 0 aromatic carbocycles. The summed E-state index contributed by atoms with van der Waals surface area (Å²) in [5, 5.41) is 13.5. The smallest absolute Gasteiger partial charge is 0.320 e. The topological polar surface area (TPSA) is 96.1 Å². The molecule has 0 saturated carbocycles. The molecule has 1 amide bonds. The van der Waals surface area contributed by atoms with E-state index < -0.39 is 12.0 Å². The molecule has 2 fully saturated rings. The van der Waals surface area contributed by atoms with E-state index in [9.17, 15) is 14.7 Å². The lowest BCUT2D eigenvalue weighted by atomic mass is 9.76. The maximum atomic E-state index is 12.9. The van der Waals surface area contributed by atoms with Crippen molar-refractivity contribution in [3.8, 4) is 0 Å². The van der Waals surface area contributed by atoms with Crippen LogP contribution in [0.25, 0.3) is 0 Å². The fraction of sp³-hybridized carbons (Fsp3) is 0.737. The number of methoxy groups -OCH3 is 1. The maximum absolute atomic E-state index is 12.9. The summed E-state index contributed by atoms with van der Waals surface area (Å²) in [7, 11) is 1.58. The molecule has 8 heteroatoms. The molecule has 150 valence electrons. The number of hydrogen-bond acceptors (Lipinski definition) is 6. The van der Waals surface area contributed by atoms with Crippen LogP contribution in [0.4, 0.5) is 0 Å². The molecule has 27 heavy (non-hydrogen) atoms. The summed E-state index contributed by atoms with van der Waals surface area (Å²) in [4.78, 5) is 28.4. The molecule has 2 aliphatic rings. The average Bonchev–Trinajstić information content (AvgIpc) is 3.18. The summed E-state index contributed by atoms with van der Waals surface area (Å²) in [6, 6.07) is -0.404. The lowest BCUT2D eigenvalue weighted by Gasteiger charge is -2.39. The zero-order chi connectivity index (χ0) is 19.6. The van der Waals surface area contributed by atoms with E-state index in [1.54, 1.807) is 18.9 Å². The number of rotatable bonds is 6. The van der Waals surface area contributed by atoms with Crippen molar-refractivity contribution in [3.63, 3.8) is 0 Å². The van der Waals surface area contributed by atoms with Crippen molar-refractivity contribution in [2.45, 2.75) is 52.2 Å². The Morgan fingerprint density at radius 1 is 1.37 bits per heavy atom. The minimum absolute atomic E-state index is 0.00981. The second-order valence-corrected chi connectivity index (χ2v) is 7.82. The average molecular weight is 379 g/mol. The number of piperidine rings is 1. The predicted octanol–water partition coefficient (Wildman–Crippen LogP) is 1.92. The molecule has 3 heterocycles. The first-order valence-electron chi connectivity index (χ1n) is 9.61. The van der Waals surface area contributed by atoms with Gasteiger partial charge in [0.1, 0.15) is 11.8 Å². The van der Waals surface area contributed by atoms with Gasteiger partial charge in [0.05, 0.1) is 12.2 Å². The Morgan fingerprint density at radius 3 is 2.67 bits per heavy atom. The van der Waals surface area contributed by atoms with Gasteiger partial charge in [-0.15, -0.1) is 0 Å².